The summed E-state index contributed by atoms with van der Waals surface area (Å²) in [7, 11) is 1.66. The monoisotopic (exact) mass is 420 g/mol. The highest BCUT2D eigenvalue weighted by Crippen LogP contribution is 2.34. The Labute approximate surface area is 179 Å². The van der Waals surface area contributed by atoms with Crippen LogP contribution in [-0.2, 0) is 28.4 Å². The maximum atomic E-state index is 6.07. The van der Waals surface area contributed by atoms with Crippen molar-refractivity contribution in [2.45, 2.75) is 91.5 Å². The van der Waals surface area contributed by atoms with Crippen LogP contribution in [0.5, 0.6) is 0 Å². The molecule has 0 saturated carbocycles. The van der Waals surface area contributed by atoms with Crippen LogP contribution in [0.15, 0.2) is 0 Å². The van der Waals surface area contributed by atoms with E-state index in [1.807, 2.05) is 20.8 Å². The second-order valence-electron chi connectivity index (χ2n) is 7.23. The third-order valence-electron chi connectivity index (χ3n) is 4.88. The van der Waals surface area contributed by atoms with Gasteiger partial charge in [-0.1, -0.05) is 45.4 Å². The normalized spacial score (nSPS) is 13.1. The zero-order valence-electron chi connectivity index (χ0n) is 19.8. The summed E-state index contributed by atoms with van der Waals surface area (Å²) in [5, 5.41) is 0. The van der Waals surface area contributed by atoms with Gasteiger partial charge >= 0.3 is 0 Å². The molecule has 0 aromatic heterocycles. The van der Waals surface area contributed by atoms with Gasteiger partial charge in [0.1, 0.15) is 6.79 Å². The first-order valence-corrected chi connectivity index (χ1v) is 11.8. The fourth-order valence-corrected chi connectivity index (χ4v) is 3.50. The Kier molecular flexibility index (Phi) is 20.8. The van der Waals surface area contributed by atoms with Gasteiger partial charge in [-0.2, -0.15) is 0 Å². The lowest BCUT2D eigenvalue weighted by atomic mass is 9.93. The third kappa shape index (κ3) is 14.4. The van der Waals surface area contributed by atoms with E-state index in [4.69, 9.17) is 28.4 Å². The SMILES string of the molecule is CCCCCCCCC(CCCOCOCCOC)C(OCC)(OCC)OCC. The number of unbranched alkanes of at least 4 members (excludes halogenated alkanes) is 5. The van der Waals surface area contributed by atoms with Crippen LogP contribution < -0.4 is 0 Å². The van der Waals surface area contributed by atoms with Crippen molar-refractivity contribution >= 4 is 0 Å². The van der Waals surface area contributed by atoms with E-state index in [1.165, 1.54) is 38.5 Å². The predicted molar refractivity (Wildman–Crippen MR) is 117 cm³/mol. The van der Waals surface area contributed by atoms with Gasteiger partial charge in [-0.3, -0.25) is 0 Å². The molecule has 0 aliphatic rings. The Morgan fingerprint density at radius 2 is 1.17 bits per heavy atom. The molecule has 176 valence electrons. The summed E-state index contributed by atoms with van der Waals surface area (Å²) in [5.41, 5.74) is 0. The van der Waals surface area contributed by atoms with Gasteiger partial charge in [0.2, 0.25) is 0 Å². The van der Waals surface area contributed by atoms with Crippen molar-refractivity contribution < 1.29 is 28.4 Å². The largest absolute Gasteiger partial charge is 0.382 e. The standard InChI is InChI=1S/C23H48O6/c1-6-10-11-12-13-14-16-22(17-15-18-25-21-26-20-19-24-5)23(27-7-2,28-8-3)29-9-4/h22H,6-21H2,1-5H3. The van der Waals surface area contributed by atoms with Crippen molar-refractivity contribution in [2.75, 3.05) is 53.5 Å². The summed E-state index contributed by atoms with van der Waals surface area (Å²) >= 11 is 0. The third-order valence-corrected chi connectivity index (χ3v) is 4.88. The molecule has 0 fully saturated rings. The van der Waals surface area contributed by atoms with Crippen LogP contribution in [0.1, 0.15) is 85.5 Å². The Bertz CT molecular complexity index is 309. The Balaban J connectivity index is 4.62. The smallest absolute Gasteiger partial charge is 0.285 e. The molecule has 29 heavy (non-hydrogen) atoms. The number of ether oxygens (including phenoxy) is 6. The molecule has 0 aromatic carbocycles. The predicted octanol–water partition coefficient (Wildman–Crippen LogP) is 5.53. The van der Waals surface area contributed by atoms with Gasteiger partial charge in [0, 0.05) is 39.5 Å². The minimum absolute atomic E-state index is 0.187. The van der Waals surface area contributed by atoms with E-state index in [0.717, 1.165) is 19.3 Å². The lowest BCUT2D eigenvalue weighted by molar-refractivity contribution is -0.403. The van der Waals surface area contributed by atoms with E-state index in [2.05, 4.69) is 6.92 Å². The molecule has 0 aliphatic heterocycles. The second kappa shape index (κ2) is 21.0. The Morgan fingerprint density at radius 1 is 0.621 bits per heavy atom. The molecule has 0 rings (SSSR count). The molecular weight excluding hydrogens is 372 g/mol. The Hall–Kier alpha value is -0.240. The molecule has 6 heteroatoms. The van der Waals surface area contributed by atoms with E-state index in [0.29, 0.717) is 46.4 Å². The van der Waals surface area contributed by atoms with Crippen molar-refractivity contribution in [3.8, 4) is 0 Å². The van der Waals surface area contributed by atoms with Crippen molar-refractivity contribution in [2.24, 2.45) is 5.92 Å². The molecule has 0 bridgehead atoms. The van der Waals surface area contributed by atoms with E-state index in [-0.39, 0.29) is 5.92 Å². The summed E-state index contributed by atoms with van der Waals surface area (Å²) in [4.78, 5) is 0. The molecular formula is C23H48O6. The van der Waals surface area contributed by atoms with Gasteiger partial charge in [-0.15, -0.1) is 0 Å². The molecule has 0 spiro atoms. The first kappa shape index (κ1) is 28.8. The summed E-state index contributed by atoms with van der Waals surface area (Å²) < 4.78 is 34.1. The molecule has 1 unspecified atom stereocenters. The molecule has 0 saturated heterocycles. The van der Waals surface area contributed by atoms with E-state index in [1.54, 1.807) is 7.11 Å². The van der Waals surface area contributed by atoms with Crippen molar-refractivity contribution in [1.29, 1.82) is 0 Å². The number of hydrogen-bond acceptors (Lipinski definition) is 6. The summed E-state index contributed by atoms with van der Waals surface area (Å²) in [5.74, 6) is -0.761. The minimum Gasteiger partial charge on any atom is -0.382 e. The van der Waals surface area contributed by atoms with Crippen LogP contribution in [0.2, 0.25) is 0 Å². The van der Waals surface area contributed by atoms with Crippen LogP contribution in [0.3, 0.4) is 0 Å². The molecule has 0 amide bonds. The average Bonchev–Trinajstić information content (AvgIpc) is 2.71. The fraction of sp³-hybridized carbons (Fsp3) is 1.00. The van der Waals surface area contributed by atoms with Crippen LogP contribution in [0, 0.1) is 5.92 Å². The number of hydrogen-bond donors (Lipinski definition) is 0. The second-order valence-corrected chi connectivity index (χ2v) is 7.23. The molecule has 0 aromatic rings. The molecule has 6 nitrogen and oxygen atoms in total. The van der Waals surface area contributed by atoms with Crippen LogP contribution >= 0.6 is 0 Å². The van der Waals surface area contributed by atoms with Gasteiger partial charge in [0.25, 0.3) is 5.97 Å². The highest BCUT2D eigenvalue weighted by atomic mass is 16.9. The number of rotatable bonds is 23. The van der Waals surface area contributed by atoms with E-state index in [9.17, 15) is 0 Å². The minimum atomic E-state index is -0.948. The molecule has 1 atom stereocenters. The van der Waals surface area contributed by atoms with Gasteiger partial charge in [-0.25, -0.2) is 0 Å². The van der Waals surface area contributed by atoms with Gasteiger partial charge < -0.3 is 28.4 Å². The Morgan fingerprint density at radius 3 is 1.76 bits per heavy atom. The van der Waals surface area contributed by atoms with Crippen LogP contribution in [0.25, 0.3) is 0 Å². The van der Waals surface area contributed by atoms with Gasteiger partial charge in [0.15, 0.2) is 0 Å². The molecule has 0 aliphatic carbocycles. The topological polar surface area (TPSA) is 55.4 Å². The highest BCUT2D eigenvalue weighted by Gasteiger charge is 2.41. The fourth-order valence-electron chi connectivity index (χ4n) is 3.50. The molecule has 0 N–H and O–H groups in total. The van der Waals surface area contributed by atoms with Gasteiger partial charge in [0.05, 0.1) is 13.2 Å². The average molecular weight is 421 g/mol. The van der Waals surface area contributed by atoms with E-state index < -0.39 is 5.97 Å². The first-order chi connectivity index (χ1) is 14.2. The maximum Gasteiger partial charge on any atom is 0.285 e. The first-order valence-electron chi connectivity index (χ1n) is 11.8. The van der Waals surface area contributed by atoms with E-state index >= 15 is 0 Å². The maximum absolute atomic E-state index is 6.07. The summed E-state index contributed by atoms with van der Waals surface area (Å²) in [6.45, 7) is 12.0. The zero-order chi connectivity index (χ0) is 21.6. The lowest BCUT2D eigenvalue weighted by Crippen LogP contribution is -2.47. The van der Waals surface area contributed by atoms with Crippen LogP contribution in [-0.4, -0.2) is 59.5 Å². The van der Waals surface area contributed by atoms with Crippen molar-refractivity contribution in [3.05, 3.63) is 0 Å². The molecule has 0 radical (unpaired) electrons. The lowest BCUT2D eigenvalue weighted by Gasteiger charge is -2.39. The number of methoxy groups -OCH3 is 1. The van der Waals surface area contributed by atoms with Crippen molar-refractivity contribution in [3.63, 3.8) is 0 Å². The zero-order valence-corrected chi connectivity index (χ0v) is 19.8. The highest BCUT2D eigenvalue weighted by molar-refractivity contribution is 4.73. The van der Waals surface area contributed by atoms with Crippen LogP contribution in [0.4, 0.5) is 0 Å². The summed E-state index contributed by atoms with van der Waals surface area (Å²) in [6.07, 6.45) is 10.5. The van der Waals surface area contributed by atoms with Crippen molar-refractivity contribution in [1.82, 2.24) is 0 Å². The molecule has 0 heterocycles. The summed E-state index contributed by atoms with van der Waals surface area (Å²) in [6, 6.07) is 0. The van der Waals surface area contributed by atoms with Gasteiger partial charge in [-0.05, 0) is 40.0 Å². The quantitative estimate of drug-likeness (QED) is 0.160.